The van der Waals surface area contributed by atoms with Crippen molar-refractivity contribution in [1.29, 1.82) is 0 Å². The van der Waals surface area contributed by atoms with Gasteiger partial charge < -0.3 is 14.6 Å². The van der Waals surface area contributed by atoms with Crippen molar-refractivity contribution in [2.45, 2.75) is 0 Å². The second-order valence-corrected chi connectivity index (χ2v) is 7.85. The molecular weight excluding hydrogens is 440 g/mol. The van der Waals surface area contributed by atoms with Gasteiger partial charge in [-0.3, -0.25) is 9.59 Å². The van der Waals surface area contributed by atoms with Gasteiger partial charge in [-0.05, 0) is 47.4 Å². The Morgan fingerprint density at radius 3 is 2.58 bits per heavy atom. The monoisotopic (exact) mass is 458 g/mol. The minimum atomic E-state index is -0.594. The summed E-state index contributed by atoms with van der Waals surface area (Å²) in [4.78, 5) is 36.9. The van der Waals surface area contributed by atoms with E-state index in [4.69, 9.17) is 4.52 Å². The topological polar surface area (TPSA) is 98.5 Å². The van der Waals surface area contributed by atoms with Crippen molar-refractivity contribution in [1.82, 2.24) is 5.16 Å². The van der Waals surface area contributed by atoms with E-state index >= 15 is 0 Å². The first-order valence-electron chi connectivity index (χ1n) is 9.86. The number of anilines is 1. The van der Waals surface area contributed by atoms with Crippen molar-refractivity contribution < 1.29 is 23.6 Å². The maximum atomic E-state index is 12.6. The molecule has 2 aromatic heterocycles. The number of methoxy groups -OCH3 is 1. The van der Waals surface area contributed by atoms with Gasteiger partial charge in [0.2, 0.25) is 0 Å². The van der Waals surface area contributed by atoms with Crippen LogP contribution in [0.4, 0.5) is 5.69 Å². The Morgan fingerprint density at radius 1 is 1.03 bits per heavy atom. The highest BCUT2D eigenvalue weighted by Gasteiger charge is 2.14. The molecule has 1 amide bonds. The molecule has 33 heavy (non-hydrogen) atoms. The maximum absolute atomic E-state index is 12.6. The molecule has 164 valence electrons. The fraction of sp³-hybridized carbons (Fsp3) is 0.0400. The van der Waals surface area contributed by atoms with Crippen molar-refractivity contribution >= 4 is 40.8 Å². The average Bonchev–Trinajstić information content (AvgIpc) is 3.55. The molecule has 2 heterocycles. The maximum Gasteiger partial charge on any atom is 0.360 e. The van der Waals surface area contributed by atoms with Crippen LogP contribution in [-0.2, 0) is 4.74 Å². The SMILES string of the molecule is COC(=O)c1cc(-c2cccc(NC(=O)c3ccc(/C=C/C(=O)c4cccs4)cc3)c2)on1. The molecule has 8 heteroatoms. The smallest absolute Gasteiger partial charge is 0.360 e. The zero-order chi connectivity index (χ0) is 23.2. The number of carbonyl (C=O) groups excluding carboxylic acids is 3. The molecule has 1 N–H and O–H groups in total. The van der Waals surface area contributed by atoms with E-state index in [-0.39, 0.29) is 17.4 Å². The molecule has 0 saturated heterocycles. The van der Waals surface area contributed by atoms with Crippen LogP contribution in [0.15, 0.2) is 82.7 Å². The summed E-state index contributed by atoms with van der Waals surface area (Å²) in [5, 5.41) is 8.38. The van der Waals surface area contributed by atoms with Crippen LogP contribution < -0.4 is 5.32 Å². The van der Waals surface area contributed by atoms with E-state index in [0.29, 0.717) is 27.5 Å². The molecule has 0 aliphatic heterocycles. The summed E-state index contributed by atoms with van der Waals surface area (Å²) in [6, 6.07) is 19.0. The number of nitrogens with one attached hydrogen (secondary N) is 1. The summed E-state index contributed by atoms with van der Waals surface area (Å²) >= 11 is 1.39. The van der Waals surface area contributed by atoms with Crippen LogP contribution >= 0.6 is 11.3 Å². The Hall–Kier alpha value is -4.30. The summed E-state index contributed by atoms with van der Waals surface area (Å²) < 4.78 is 9.83. The molecule has 0 bridgehead atoms. The summed E-state index contributed by atoms with van der Waals surface area (Å²) in [7, 11) is 1.26. The van der Waals surface area contributed by atoms with Gasteiger partial charge in [0.1, 0.15) is 0 Å². The fourth-order valence-electron chi connectivity index (χ4n) is 2.98. The molecule has 7 nitrogen and oxygen atoms in total. The number of thiophene rings is 1. The van der Waals surface area contributed by atoms with Gasteiger partial charge in [-0.2, -0.15) is 0 Å². The Labute approximate surface area is 193 Å². The van der Waals surface area contributed by atoms with E-state index < -0.39 is 5.97 Å². The van der Waals surface area contributed by atoms with Gasteiger partial charge in [0, 0.05) is 22.9 Å². The molecule has 0 aliphatic carbocycles. The lowest BCUT2D eigenvalue weighted by atomic mass is 10.1. The molecule has 4 aromatic rings. The van der Waals surface area contributed by atoms with Gasteiger partial charge in [-0.1, -0.05) is 41.6 Å². The van der Waals surface area contributed by atoms with Crippen LogP contribution in [0, 0.1) is 0 Å². The van der Waals surface area contributed by atoms with E-state index in [9.17, 15) is 14.4 Å². The van der Waals surface area contributed by atoms with E-state index in [1.165, 1.54) is 30.6 Å². The first kappa shape index (κ1) is 21.9. The number of esters is 1. The van der Waals surface area contributed by atoms with Crippen LogP contribution in [0.25, 0.3) is 17.4 Å². The third kappa shape index (κ3) is 5.31. The third-order valence-corrected chi connectivity index (χ3v) is 5.56. The minimum Gasteiger partial charge on any atom is -0.464 e. The van der Waals surface area contributed by atoms with E-state index in [0.717, 1.165) is 5.56 Å². The molecule has 0 spiro atoms. The number of hydrogen-bond acceptors (Lipinski definition) is 7. The number of carbonyl (C=O) groups is 3. The second-order valence-electron chi connectivity index (χ2n) is 6.90. The van der Waals surface area contributed by atoms with E-state index in [1.54, 1.807) is 60.7 Å². The third-order valence-electron chi connectivity index (χ3n) is 4.67. The summed E-state index contributed by atoms with van der Waals surface area (Å²) in [5.41, 5.74) is 2.54. The number of rotatable bonds is 7. The van der Waals surface area contributed by atoms with Crippen LogP contribution in [0.5, 0.6) is 0 Å². The number of nitrogens with zero attached hydrogens (tertiary/aromatic N) is 1. The quantitative estimate of drug-likeness (QED) is 0.228. The largest absolute Gasteiger partial charge is 0.464 e. The van der Waals surface area contributed by atoms with Gasteiger partial charge in [-0.15, -0.1) is 11.3 Å². The van der Waals surface area contributed by atoms with Gasteiger partial charge in [0.15, 0.2) is 17.2 Å². The van der Waals surface area contributed by atoms with Gasteiger partial charge in [0.05, 0.1) is 12.0 Å². The molecule has 0 fully saturated rings. The molecular formula is C25H18N2O5S. The van der Waals surface area contributed by atoms with Crippen LogP contribution in [0.1, 0.15) is 36.1 Å². The molecule has 0 atom stereocenters. The minimum absolute atomic E-state index is 0.0582. The van der Waals surface area contributed by atoms with Gasteiger partial charge in [0.25, 0.3) is 5.91 Å². The second kappa shape index (κ2) is 9.88. The fourth-order valence-corrected chi connectivity index (χ4v) is 3.63. The molecule has 0 saturated carbocycles. The Morgan fingerprint density at radius 2 is 1.85 bits per heavy atom. The highest BCUT2D eigenvalue weighted by atomic mass is 32.1. The summed E-state index contributed by atoms with van der Waals surface area (Å²) in [6.07, 6.45) is 3.23. The Kier molecular flexibility index (Phi) is 6.56. The van der Waals surface area contributed by atoms with Crippen molar-refractivity contribution in [3.63, 3.8) is 0 Å². The van der Waals surface area contributed by atoms with Gasteiger partial charge in [-0.25, -0.2) is 4.79 Å². The molecule has 0 aliphatic rings. The van der Waals surface area contributed by atoms with Crippen LogP contribution in [-0.4, -0.2) is 29.9 Å². The normalized spacial score (nSPS) is 10.8. The van der Waals surface area contributed by atoms with Crippen molar-refractivity contribution in [2.75, 3.05) is 12.4 Å². The first-order chi connectivity index (χ1) is 16.0. The van der Waals surface area contributed by atoms with Crippen molar-refractivity contribution in [3.05, 3.63) is 99.9 Å². The molecule has 4 rings (SSSR count). The number of ether oxygens (including phenoxy) is 1. The lowest BCUT2D eigenvalue weighted by Gasteiger charge is -2.07. The van der Waals surface area contributed by atoms with Gasteiger partial charge >= 0.3 is 5.97 Å². The number of aromatic nitrogens is 1. The zero-order valence-corrected chi connectivity index (χ0v) is 18.3. The number of hydrogen-bond donors (Lipinski definition) is 1. The lowest BCUT2D eigenvalue weighted by molar-refractivity contribution is 0.0589. The standard InChI is InChI=1S/C25H18N2O5S/c1-31-25(30)20-15-22(32-27-20)18-4-2-5-19(14-18)26-24(29)17-10-7-16(8-11-17)9-12-21(28)23-6-3-13-33-23/h2-15H,1H3,(H,26,29)/b12-9+. The van der Waals surface area contributed by atoms with Crippen LogP contribution in [0.2, 0.25) is 0 Å². The summed E-state index contributed by atoms with van der Waals surface area (Å²) in [5.74, 6) is -0.564. The van der Waals surface area contributed by atoms with E-state index in [2.05, 4.69) is 15.2 Å². The van der Waals surface area contributed by atoms with Crippen molar-refractivity contribution in [3.8, 4) is 11.3 Å². The lowest BCUT2D eigenvalue weighted by Crippen LogP contribution is -2.11. The number of amides is 1. The van der Waals surface area contributed by atoms with Crippen molar-refractivity contribution in [2.24, 2.45) is 0 Å². The highest BCUT2D eigenvalue weighted by Crippen LogP contribution is 2.24. The highest BCUT2D eigenvalue weighted by molar-refractivity contribution is 7.12. The molecule has 0 radical (unpaired) electrons. The first-order valence-corrected chi connectivity index (χ1v) is 10.7. The number of benzene rings is 2. The summed E-state index contributed by atoms with van der Waals surface area (Å²) in [6.45, 7) is 0. The number of ketones is 1. The predicted molar refractivity (Wildman–Crippen MR) is 125 cm³/mol. The Balaban J connectivity index is 1.42. The molecule has 0 unspecified atom stereocenters. The molecule has 2 aromatic carbocycles. The number of allylic oxidation sites excluding steroid dienone is 1. The average molecular weight is 458 g/mol. The Bertz CT molecular complexity index is 1320. The zero-order valence-electron chi connectivity index (χ0n) is 17.5. The predicted octanol–water partition coefficient (Wildman–Crippen LogP) is 5.34. The van der Waals surface area contributed by atoms with E-state index in [1.807, 2.05) is 11.4 Å². The van der Waals surface area contributed by atoms with Crippen LogP contribution in [0.3, 0.4) is 0 Å².